The number of benzene rings is 1. The van der Waals surface area contributed by atoms with E-state index in [-0.39, 0.29) is 11.7 Å². The van der Waals surface area contributed by atoms with E-state index in [0.717, 1.165) is 38.5 Å². The van der Waals surface area contributed by atoms with Crippen LogP contribution in [0.3, 0.4) is 0 Å². The first kappa shape index (κ1) is 16.2. The van der Waals surface area contributed by atoms with Gasteiger partial charge in [0.25, 0.3) is 5.91 Å². The fraction of sp³-hybridized carbons (Fsp3) is 0.294. The molecule has 1 aromatic carbocycles. The fourth-order valence-corrected chi connectivity index (χ4v) is 3.53. The highest BCUT2D eigenvalue weighted by Crippen LogP contribution is 2.21. The maximum atomic E-state index is 13.7. The summed E-state index contributed by atoms with van der Waals surface area (Å²) in [6.07, 6.45) is 0. The monoisotopic (exact) mass is 360 g/mol. The molecule has 3 aromatic rings. The lowest BCUT2D eigenvalue weighted by molar-refractivity contribution is 0.0337. The van der Waals surface area contributed by atoms with Crippen molar-refractivity contribution in [3.05, 3.63) is 46.9 Å². The molecule has 0 atom stereocenters. The Balaban J connectivity index is 1.44. The molecule has 4 rings (SSSR count). The second kappa shape index (κ2) is 6.91. The van der Waals surface area contributed by atoms with Crippen molar-refractivity contribution in [2.45, 2.75) is 6.54 Å². The van der Waals surface area contributed by atoms with Crippen molar-refractivity contribution in [2.24, 2.45) is 0 Å². The predicted octanol–water partition coefficient (Wildman–Crippen LogP) is 2.85. The lowest BCUT2D eigenvalue weighted by Gasteiger charge is -2.25. The molecule has 1 aliphatic rings. The Hall–Kier alpha value is -2.29. The third kappa shape index (κ3) is 3.55. The summed E-state index contributed by atoms with van der Waals surface area (Å²) in [7, 11) is 0. The number of anilines is 1. The van der Waals surface area contributed by atoms with E-state index in [1.54, 1.807) is 12.1 Å². The van der Waals surface area contributed by atoms with E-state index < -0.39 is 0 Å². The molecule has 8 heteroatoms. The van der Waals surface area contributed by atoms with Crippen LogP contribution in [0.5, 0.6) is 0 Å². The number of rotatable bonds is 4. The zero-order valence-corrected chi connectivity index (χ0v) is 14.2. The Kier molecular flexibility index (Phi) is 4.48. The molecule has 3 heterocycles. The van der Waals surface area contributed by atoms with Gasteiger partial charge in [-0.15, -0.1) is 11.3 Å². The van der Waals surface area contributed by atoms with Gasteiger partial charge in [0, 0.05) is 35.9 Å². The van der Waals surface area contributed by atoms with Gasteiger partial charge in [0.05, 0.1) is 18.9 Å². The minimum absolute atomic E-state index is 0.310. The molecule has 130 valence electrons. The highest BCUT2D eigenvalue weighted by atomic mass is 32.1. The Morgan fingerprint density at radius 2 is 2.24 bits per heavy atom. The van der Waals surface area contributed by atoms with Gasteiger partial charge in [-0.25, -0.2) is 9.37 Å². The van der Waals surface area contributed by atoms with Crippen LogP contribution in [-0.4, -0.2) is 47.1 Å². The van der Waals surface area contributed by atoms with Crippen LogP contribution in [0.2, 0.25) is 0 Å². The highest BCUT2D eigenvalue weighted by molar-refractivity contribution is 7.13. The van der Waals surface area contributed by atoms with Crippen LogP contribution in [0.15, 0.2) is 29.6 Å². The minimum Gasteiger partial charge on any atom is -0.379 e. The Morgan fingerprint density at radius 3 is 3.04 bits per heavy atom. The first-order valence-electron chi connectivity index (χ1n) is 8.02. The number of nitrogens with zero attached hydrogens (tertiary/aromatic N) is 2. The van der Waals surface area contributed by atoms with Crippen LogP contribution in [0.1, 0.15) is 16.2 Å². The van der Waals surface area contributed by atoms with E-state index in [0.29, 0.717) is 21.7 Å². The number of amides is 1. The highest BCUT2D eigenvalue weighted by Gasteiger charge is 2.15. The first-order chi connectivity index (χ1) is 12.2. The number of ether oxygens (including phenoxy) is 1. The SMILES string of the molecule is O=C(Nc1nc(CN2CCOCC2)cs1)c1cc2c(F)cccc2[nH]1. The molecule has 2 N–H and O–H groups in total. The molecule has 0 spiro atoms. The van der Waals surface area contributed by atoms with Crippen LogP contribution in [-0.2, 0) is 11.3 Å². The number of H-pyrrole nitrogens is 1. The normalized spacial score (nSPS) is 15.6. The smallest absolute Gasteiger partial charge is 0.273 e. The van der Waals surface area contributed by atoms with Crippen molar-refractivity contribution < 1.29 is 13.9 Å². The Bertz CT molecular complexity index is 901. The van der Waals surface area contributed by atoms with Crippen molar-refractivity contribution in [3.8, 4) is 0 Å². The summed E-state index contributed by atoms with van der Waals surface area (Å²) < 4.78 is 19.1. The molecular formula is C17H17FN4O2S. The number of carbonyl (C=O) groups excluding carboxylic acids is 1. The van der Waals surface area contributed by atoms with Gasteiger partial charge in [-0.2, -0.15) is 0 Å². The summed E-state index contributed by atoms with van der Waals surface area (Å²) >= 11 is 1.38. The molecule has 1 fully saturated rings. The van der Waals surface area contributed by atoms with E-state index in [1.807, 2.05) is 5.38 Å². The van der Waals surface area contributed by atoms with E-state index >= 15 is 0 Å². The van der Waals surface area contributed by atoms with Gasteiger partial charge in [0.1, 0.15) is 11.5 Å². The van der Waals surface area contributed by atoms with Crippen molar-refractivity contribution in [1.82, 2.24) is 14.9 Å². The van der Waals surface area contributed by atoms with E-state index in [9.17, 15) is 9.18 Å². The molecule has 0 saturated carbocycles. The van der Waals surface area contributed by atoms with Crippen LogP contribution >= 0.6 is 11.3 Å². The van der Waals surface area contributed by atoms with Crippen LogP contribution < -0.4 is 5.32 Å². The molecule has 25 heavy (non-hydrogen) atoms. The molecule has 0 radical (unpaired) electrons. The first-order valence-corrected chi connectivity index (χ1v) is 8.90. The quantitative estimate of drug-likeness (QED) is 0.751. The number of carbonyl (C=O) groups is 1. The van der Waals surface area contributed by atoms with E-state index in [2.05, 4.69) is 20.2 Å². The third-order valence-corrected chi connectivity index (χ3v) is 4.92. The lowest BCUT2D eigenvalue weighted by Crippen LogP contribution is -2.35. The summed E-state index contributed by atoms with van der Waals surface area (Å²) in [5, 5.41) is 5.65. The number of hydrogen-bond donors (Lipinski definition) is 2. The number of fused-ring (bicyclic) bond motifs is 1. The maximum Gasteiger partial charge on any atom is 0.273 e. The van der Waals surface area contributed by atoms with Crippen molar-refractivity contribution in [2.75, 3.05) is 31.6 Å². The number of thiazole rings is 1. The summed E-state index contributed by atoms with van der Waals surface area (Å²) in [6.45, 7) is 4.00. The van der Waals surface area contributed by atoms with Gasteiger partial charge in [-0.3, -0.25) is 15.0 Å². The van der Waals surface area contributed by atoms with Gasteiger partial charge in [-0.05, 0) is 18.2 Å². The van der Waals surface area contributed by atoms with Crippen LogP contribution in [0.4, 0.5) is 9.52 Å². The van der Waals surface area contributed by atoms with Gasteiger partial charge in [-0.1, -0.05) is 6.07 Å². The van der Waals surface area contributed by atoms with Crippen LogP contribution in [0.25, 0.3) is 10.9 Å². The second-order valence-corrected chi connectivity index (χ2v) is 6.73. The third-order valence-electron chi connectivity index (χ3n) is 4.12. The number of halogens is 1. The average Bonchev–Trinajstić information content (AvgIpc) is 3.23. The predicted molar refractivity (Wildman–Crippen MR) is 94.4 cm³/mol. The van der Waals surface area contributed by atoms with E-state index in [1.165, 1.54) is 23.5 Å². The molecule has 1 saturated heterocycles. The molecule has 1 aliphatic heterocycles. The molecule has 1 amide bonds. The summed E-state index contributed by atoms with van der Waals surface area (Å²) in [5.41, 5.74) is 1.83. The Labute approximate surface area is 147 Å². The molecule has 0 unspecified atom stereocenters. The molecule has 0 bridgehead atoms. The minimum atomic E-state index is -0.352. The molecular weight excluding hydrogens is 343 g/mol. The zero-order valence-electron chi connectivity index (χ0n) is 13.4. The Morgan fingerprint density at radius 1 is 1.40 bits per heavy atom. The second-order valence-electron chi connectivity index (χ2n) is 5.87. The van der Waals surface area contributed by atoms with Crippen molar-refractivity contribution in [1.29, 1.82) is 0 Å². The zero-order chi connectivity index (χ0) is 17.2. The number of aromatic amines is 1. The number of aromatic nitrogens is 2. The fourth-order valence-electron chi connectivity index (χ4n) is 2.83. The number of morpholine rings is 1. The maximum absolute atomic E-state index is 13.7. The summed E-state index contributed by atoms with van der Waals surface area (Å²) in [5.74, 6) is -0.683. The van der Waals surface area contributed by atoms with Gasteiger partial charge in [0.2, 0.25) is 0 Å². The van der Waals surface area contributed by atoms with Crippen LogP contribution in [0, 0.1) is 5.82 Å². The largest absolute Gasteiger partial charge is 0.379 e. The standard InChI is InChI=1S/C17H17FN4O2S/c18-13-2-1-3-14-12(13)8-15(20-14)16(23)21-17-19-11(10-25-17)9-22-4-6-24-7-5-22/h1-3,8,10,20H,4-7,9H2,(H,19,21,23). The topological polar surface area (TPSA) is 70.2 Å². The molecule has 0 aliphatic carbocycles. The van der Waals surface area contributed by atoms with E-state index in [4.69, 9.17) is 4.74 Å². The lowest BCUT2D eigenvalue weighted by atomic mass is 10.2. The average molecular weight is 360 g/mol. The molecule has 6 nitrogen and oxygen atoms in total. The van der Waals surface area contributed by atoms with Crippen molar-refractivity contribution >= 4 is 33.3 Å². The van der Waals surface area contributed by atoms with Gasteiger partial charge in [0.15, 0.2) is 5.13 Å². The summed E-state index contributed by atoms with van der Waals surface area (Å²) in [4.78, 5) is 22.0. The van der Waals surface area contributed by atoms with Gasteiger partial charge < -0.3 is 9.72 Å². The van der Waals surface area contributed by atoms with Gasteiger partial charge >= 0.3 is 0 Å². The van der Waals surface area contributed by atoms with Crippen molar-refractivity contribution in [3.63, 3.8) is 0 Å². The number of nitrogens with one attached hydrogen (secondary N) is 2. The number of hydrogen-bond acceptors (Lipinski definition) is 5. The molecule has 2 aromatic heterocycles. The summed E-state index contributed by atoms with van der Waals surface area (Å²) in [6, 6.07) is 6.23.